The van der Waals surface area contributed by atoms with Crippen LogP contribution in [0.4, 0.5) is 0 Å². The van der Waals surface area contributed by atoms with Crippen LogP contribution in [0.3, 0.4) is 0 Å². The van der Waals surface area contributed by atoms with Crippen molar-refractivity contribution in [2.75, 3.05) is 6.26 Å². The molecule has 1 aliphatic rings. The summed E-state index contributed by atoms with van der Waals surface area (Å²) < 4.78 is 14.6. The average Bonchev–Trinajstić information content (AvgIpc) is 2.92. The minimum atomic E-state index is -1.05. The lowest BCUT2D eigenvalue weighted by atomic mass is 9.92. The van der Waals surface area contributed by atoms with E-state index < -0.39 is 10.8 Å². The van der Waals surface area contributed by atoms with Crippen LogP contribution in [0.25, 0.3) is 10.9 Å². The number of nitrogens with two attached hydrogens (primary N) is 1. The van der Waals surface area contributed by atoms with Crippen molar-refractivity contribution in [2.24, 2.45) is 5.73 Å². The average molecular weight is 373 g/mol. The van der Waals surface area contributed by atoms with Crippen molar-refractivity contribution in [1.82, 2.24) is 4.57 Å². The zero-order valence-electron chi connectivity index (χ0n) is 14.2. The van der Waals surface area contributed by atoms with E-state index in [0.717, 1.165) is 34.7 Å². The molecular formula is C20H21ClN2OS. The van der Waals surface area contributed by atoms with Crippen LogP contribution in [0, 0.1) is 0 Å². The van der Waals surface area contributed by atoms with Crippen LogP contribution in [0.2, 0.25) is 5.02 Å². The largest absolute Gasteiger partial charge is 0.337 e. The Morgan fingerprint density at radius 3 is 2.72 bits per heavy atom. The topological polar surface area (TPSA) is 48.0 Å². The number of aryl methyl sites for hydroxylation is 1. The highest BCUT2D eigenvalue weighted by molar-refractivity contribution is 7.84. The van der Waals surface area contributed by atoms with Gasteiger partial charge in [-0.2, -0.15) is 0 Å². The summed E-state index contributed by atoms with van der Waals surface area (Å²) in [5.74, 6) is 0. The van der Waals surface area contributed by atoms with Gasteiger partial charge in [-0.1, -0.05) is 35.9 Å². The summed E-state index contributed by atoms with van der Waals surface area (Å²) in [5, 5.41) is 1.93. The maximum absolute atomic E-state index is 12.4. The summed E-state index contributed by atoms with van der Waals surface area (Å²) in [4.78, 5) is 0.882. The van der Waals surface area contributed by atoms with Gasteiger partial charge in [0.15, 0.2) is 0 Å². The van der Waals surface area contributed by atoms with Gasteiger partial charge in [0, 0.05) is 34.9 Å². The van der Waals surface area contributed by atoms with E-state index in [0.29, 0.717) is 6.54 Å². The molecule has 0 unspecified atom stereocenters. The summed E-state index contributed by atoms with van der Waals surface area (Å²) in [6.07, 6.45) is 4.88. The first kappa shape index (κ1) is 16.8. The van der Waals surface area contributed by atoms with Crippen molar-refractivity contribution < 1.29 is 4.21 Å². The Morgan fingerprint density at radius 1 is 1.24 bits per heavy atom. The minimum Gasteiger partial charge on any atom is -0.337 e. The van der Waals surface area contributed by atoms with Gasteiger partial charge in [-0.05, 0) is 48.6 Å². The van der Waals surface area contributed by atoms with Gasteiger partial charge >= 0.3 is 0 Å². The highest BCUT2D eigenvalue weighted by Gasteiger charge is 2.27. The molecule has 4 rings (SSSR count). The Bertz CT molecular complexity index is 962. The summed E-state index contributed by atoms with van der Waals surface area (Å²) in [5.41, 5.74) is 11.3. The Hall–Kier alpha value is -1.62. The van der Waals surface area contributed by atoms with E-state index in [-0.39, 0.29) is 6.04 Å². The molecule has 1 heterocycles. The quantitative estimate of drug-likeness (QED) is 0.739. The number of nitrogens with zero attached hydrogens (tertiary/aromatic N) is 1. The fourth-order valence-electron chi connectivity index (χ4n) is 3.96. The van der Waals surface area contributed by atoms with Gasteiger partial charge in [0.1, 0.15) is 0 Å². The molecule has 0 saturated carbocycles. The standard InChI is InChI=1S/C20H21ClN2OS/c1-25(24)18-7-3-5-16-15-4-2-6-17(22)19(15)23(20(16)18)12-13-8-10-14(21)11-9-13/h3,5,7-11,17H,2,4,6,12,22H2,1H3/t17-,25+/m0/s1. The zero-order chi connectivity index (χ0) is 17.6. The molecule has 2 aromatic carbocycles. The molecule has 0 fully saturated rings. The summed E-state index contributed by atoms with van der Waals surface area (Å²) in [6.45, 7) is 0.713. The predicted molar refractivity (Wildman–Crippen MR) is 105 cm³/mol. The number of rotatable bonds is 3. The van der Waals surface area contributed by atoms with E-state index in [2.05, 4.69) is 10.6 Å². The first-order valence-electron chi connectivity index (χ1n) is 8.53. The van der Waals surface area contributed by atoms with Crippen LogP contribution in [0.15, 0.2) is 47.4 Å². The van der Waals surface area contributed by atoms with Crippen molar-refractivity contribution >= 4 is 33.3 Å². The van der Waals surface area contributed by atoms with E-state index in [9.17, 15) is 4.21 Å². The maximum atomic E-state index is 12.4. The molecule has 0 radical (unpaired) electrons. The molecule has 2 atom stereocenters. The van der Waals surface area contributed by atoms with Crippen LogP contribution in [0.1, 0.15) is 35.7 Å². The number of halogens is 1. The van der Waals surface area contributed by atoms with Gasteiger partial charge in [0.05, 0.1) is 21.2 Å². The predicted octanol–water partition coefficient (Wildman–Crippen LogP) is 4.42. The third kappa shape index (κ3) is 2.92. The van der Waals surface area contributed by atoms with Crippen molar-refractivity contribution in [2.45, 2.75) is 36.7 Å². The first-order valence-corrected chi connectivity index (χ1v) is 10.5. The van der Waals surface area contributed by atoms with Crippen LogP contribution in [0.5, 0.6) is 0 Å². The summed E-state index contributed by atoms with van der Waals surface area (Å²) in [6, 6.07) is 14.0. The van der Waals surface area contributed by atoms with E-state index in [1.54, 1.807) is 6.26 Å². The molecule has 3 aromatic rings. The second-order valence-corrected chi connectivity index (χ2v) is 8.47. The highest BCUT2D eigenvalue weighted by Crippen LogP contribution is 2.38. The monoisotopic (exact) mass is 372 g/mol. The van der Waals surface area contributed by atoms with Gasteiger partial charge in [-0.25, -0.2) is 0 Å². The lowest BCUT2D eigenvalue weighted by Gasteiger charge is -2.22. The van der Waals surface area contributed by atoms with E-state index in [1.807, 2.05) is 36.4 Å². The van der Waals surface area contributed by atoms with Gasteiger partial charge < -0.3 is 10.3 Å². The second-order valence-electron chi connectivity index (χ2n) is 6.68. The Kier molecular flexibility index (Phi) is 4.44. The molecule has 0 spiro atoms. The zero-order valence-corrected chi connectivity index (χ0v) is 15.7. The molecule has 0 saturated heterocycles. The van der Waals surface area contributed by atoms with E-state index in [1.165, 1.54) is 22.2 Å². The Balaban J connectivity index is 1.98. The Morgan fingerprint density at radius 2 is 2.00 bits per heavy atom. The molecule has 0 bridgehead atoms. The van der Waals surface area contributed by atoms with Gasteiger partial charge in [-0.3, -0.25) is 4.21 Å². The molecule has 1 aliphatic carbocycles. The molecule has 2 N–H and O–H groups in total. The number of hydrogen-bond acceptors (Lipinski definition) is 2. The second kappa shape index (κ2) is 6.60. The Labute approximate surface area is 155 Å². The van der Waals surface area contributed by atoms with Crippen molar-refractivity contribution in [3.8, 4) is 0 Å². The van der Waals surface area contributed by atoms with Crippen LogP contribution < -0.4 is 5.73 Å². The lowest BCUT2D eigenvalue weighted by Crippen LogP contribution is -2.21. The number of hydrogen-bond donors (Lipinski definition) is 1. The lowest BCUT2D eigenvalue weighted by molar-refractivity contribution is 0.534. The number of aromatic nitrogens is 1. The molecule has 1 aromatic heterocycles. The number of para-hydroxylation sites is 1. The fourth-order valence-corrected chi connectivity index (χ4v) is 4.84. The molecule has 0 aliphatic heterocycles. The number of benzene rings is 2. The molecule has 3 nitrogen and oxygen atoms in total. The van der Waals surface area contributed by atoms with Gasteiger partial charge in [-0.15, -0.1) is 0 Å². The summed E-state index contributed by atoms with van der Waals surface area (Å²) >= 11 is 6.03. The summed E-state index contributed by atoms with van der Waals surface area (Å²) in [7, 11) is -1.05. The molecule has 25 heavy (non-hydrogen) atoms. The van der Waals surface area contributed by atoms with Crippen LogP contribution in [-0.4, -0.2) is 15.0 Å². The molecule has 130 valence electrons. The third-order valence-corrected chi connectivity index (χ3v) is 6.25. The van der Waals surface area contributed by atoms with Crippen LogP contribution >= 0.6 is 11.6 Å². The smallest absolute Gasteiger partial charge is 0.0652 e. The minimum absolute atomic E-state index is 0.0293. The van der Waals surface area contributed by atoms with Crippen molar-refractivity contribution in [1.29, 1.82) is 0 Å². The van der Waals surface area contributed by atoms with Crippen LogP contribution in [-0.2, 0) is 23.8 Å². The first-order chi connectivity index (χ1) is 12.1. The highest BCUT2D eigenvalue weighted by atomic mass is 35.5. The molecular weight excluding hydrogens is 352 g/mol. The number of fused-ring (bicyclic) bond motifs is 3. The maximum Gasteiger partial charge on any atom is 0.0652 e. The molecule has 5 heteroatoms. The van der Waals surface area contributed by atoms with Crippen molar-refractivity contribution in [3.63, 3.8) is 0 Å². The molecule has 0 amide bonds. The fraction of sp³-hybridized carbons (Fsp3) is 0.300. The SMILES string of the molecule is C[S@@](=O)c1cccc2c3c(n(Cc4ccc(Cl)cc4)c12)[C@@H](N)CCC3. The van der Waals surface area contributed by atoms with Crippen molar-refractivity contribution in [3.05, 3.63) is 64.3 Å². The normalized spacial score (nSPS) is 18.3. The third-order valence-electron chi connectivity index (χ3n) is 5.05. The van der Waals surface area contributed by atoms with Gasteiger partial charge in [0.2, 0.25) is 0 Å². The van der Waals surface area contributed by atoms with E-state index in [4.69, 9.17) is 17.3 Å². The van der Waals surface area contributed by atoms with E-state index >= 15 is 0 Å². The van der Waals surface area contributed by atoms with Gasteiger partial charge in [0.25, 0.3) is 0 Å².